The number of hydrogen-bond donors (Lipinski definition) is 1. The molecule has 3 heteroatoms. The first kappa shape index (κ1) is 16.3. The van der Waals surface area contributed by atoms with E-state index in [1.165, 1.54) is 24.8 Å². The average molecular weight is 291 g/mol. The average Bonchev–Trinajstić information content (AvgIpc) is 2.48. The predicted molar refractivity (Wildman–Crippen MR) is 86.6 cm³/mol. The van der Waals surface area contributed by atoms with Gasteiger partial charge in [0.25, 0.3) is 0 Å². The van der Waals surface area contributed by atoms with Crippen LogP contribution in [0.5, 0.6) is 5.75 Å². The molecule has 21 heavy (non-hydrogen) atoms. The molecule has 3 nitrogen and oxygen atoms in total. The molecule has 1 aliphatic rings. The molecule has 3 atom stereocenters. The highest BCUT2D eigenvalue weighted by molar-refractivity contribution is 5.28. The molecule has 1 N–H and O–H groups in total. The minimum Gasteiger partial charge on any atom is -0.490 e. The van der Waals surface area contributed by atoms with Gasteiger partial charge in [0.15, 0.2) is 0 Å². The molecule has 0 aromatic heterocycles. The van der Waals surface area contributed by atoms with Crippen molar-refractivity contribution in [3.63, 3.8) is 0 Å². The van der Waals surface area contributed by atoms with E-state index in [9.17, 15) is 0 Å². The molecular formula is C18H29NO2. The second-order valence-electron chi connectivity index (χ2n) is 6.32. The zero-order chi connectivity index (χ0) is 15.1. The summed E-state index contributed by atoms with van der Waals surface area (Å²) in [5.41, 5.74) is 1.26. The Hall–Kier alpha value is -1.06. The van der Waals surface area contributed by atoms with E-state index in [-0.39, 0.29) is 0 Å². The Bertz CT molecular complexity index is 421. The molecule has 0 spiro atoms. The molecule has 1 aromatic carbocycles. The van der Waals surface area contributed by atoms with Gasteiger partial charge in [0.05, 0.1) is 12.7 Å². The topological polar surface area (TPSA) is 30.5 Å². The molecule has 0 radical (unpaired) electrons. The van der Waals surface area contributed by atoms with Gasteiger partial charge in [-0.05, 0) is 48.8 Å². The van der Waals surface area contributed by atoms with Crippen LogP contribution in [0, 0.1) is 11.8 Å². The molecule has 0 aliphatic heterocycles. The third-order valence-electron chi connectivity index (χ3n) is 4.56. The summed E-state index contributed by atoms with van der Waals surface area (Å²) in [4.78, 5) is 0. The van der Waals surface area contributed by atoms with Crippen LogP contribution in [-0.2, 0) is 11.3 Å². The van der Waals surface area contributed by atoms with Crippen LogP contribution in [0.2, 0.25) is 0 Å². The lowest BCUT2D eigenvalue weighted by Crippen LogP contribution is -2.28. The monoisotopic (exact) mass is 291 g/mol. The summed E-state index contributed by atoms with van der Waals surface area (Å²) in [6, 6.07) is 8.44. The quantitative estimate of drug-likeness (QED) is 0.778. The molecule has 1 aliphatic carbocycles. The molecule has 1 fully saturated rings. The minimum atomic E-state index is 0.382. The smallest absolute Gasteiger partial charge is 0.120 e. The maximum absolute atomic E-state index is 6.19. The Kier molecular flexibility index (Phi) is 6.52. The molecule has 0 bridgehead atoms. The van der Waals surface area contributed by atoms with Crippen LogP contribution < -0.4 is 10.1 Å². The SMILES string of the molecule is COCCNCc1cccc(OC2CCC(C)C(C)C2)c1. The van der Waals surface area contributed by atoms with Gasteiger partial charge in [0.1, 0.15) is 5.75 Å². The van der Waals surface area contributed by atoms with Crippen molar-refractivity contribution >= 4 is 0 Å². The van der Waals surface area contributed by atoms with Gasteiger partial charge in [-0.3, -0.25) is 0 Å². The van der Waals surface area contributed by atoms with Crippen molar-refractivity contribution in [2.24, 2.45) is 11.8 Å². The highest BCUT2D eigenvalue weighted by Gasteiger charge is 2.25. The molecule has 0 heterocycles. The van der Waals surface area contributed by atoms with Crippen molar-refractivity contribution in [2.45, 2.75) is 45.8 Å². The summed E-state index contributed by atoms with van der Waals surface area (Å²) in [6.07, 6.45) is 4.02. The van der Waals surface area contributed by atoms with E-state index in [1.807, 2.05) is 0 Å². The van der Waals surface area contributed by atoms with Gasteiger partial charge < -0.3 is 14.8 Å². The molecule has 0 saturated heterocycles. The highest BCUT2D eigenvalue weighted by Crippen LogP contribution is 2.31. The molecular weight excluding hydrogens is 262 g/mol. The highest BCUT2D eigenvalue weighted by atomic mass is 16.5. The van der Waals surface area contributed by atoms with Crippen LogP contribution in [0.3, 0.4) is 0 Å². The van der Waals surface area contributed by atoms with Crippen molar-refractivity contribution in [1.29, 1.82) is 0 Å². The standard InChI is InChI=1S/C18H29NO2/c1-14-7-8-18(11-15(14)2)21-17-6-4-5-16(12-17)13-19-9-10-20-3/h4-6,12,14-15,18-19H,7-11,13H2,1-3H3. The van der Waals surface area contributed by atoms with Crippen LogP contribution in [0.15, 0.2) is 24.3 Å². The first-order valence-corrected chi connectivity index (χ1v) is 8.14. The zero-order valence-electron chi connectivity index (χ0n) is 13.6. The zero-order valence-corrected chi connectivity index (χ0v) is 13.6. The third-order valence-corrected chi connectivity index (χ3v) is 4.56. The number of rotatable bonds is 7. The lowest BCUT2D eigenvalue weighted by Gasteiger charge is -2.32. The van der Waals surface area contributed by atoms with E-state index >= 15 is 0 Å². The fraction of sp³-hybridized carbons (Fsp3) is 0.667. The van der Waals surface area contributed by atoms with Crippen molar-refractivity contribution in [3.05, 3.63) is 29.8 Å². The van der Waals surface area contributed by atoms with E-state index in [4.69, 9.17) is 9.47 Å². The second-order valence-corrected chi connectivity index (χ2v) is 6.32. The Morgan fingerprint density at radius 1 is 1.19 bits per heavy atom. The van der Waals surface area contributed by atoms with Gasteiger partial charge in [0, 0.05) is 20.2 Å². The normalized spacial score (nSPS) is 25.8. The number of hydrogen-bond acceptors (Lipinski definition) is 3. The second kappa shape index (κ2) is 8.40. The Balaban J connectivity index is 1.83. The summed E-state index contributed by atoms with van der Waals surface area (Å²) in [5, 5.41) is 3.37. The van der Waals surface area contributed by atoms with E-state index in [0.717, 1.165) is 37.3 Å². The lowest BCUT2D eigenvalue weighted by atomic mass is 9.80. The van der Waals surface area contributed by atoms with Crippen LogP contribution in [-0.4, -0.2) is 26.4 Å². The molecule has 1 aromatic rings. The molecule has 0 amide bonds. The van der Waals surface area contributed by atoms with Crippen LogP contribution in [0.25, 0.3) is 0 Å². The number of ether oxygens (including phenoxy) is 2. The first-order chi connectivity index (χ1) is 10.2. The van der Waals surface area contributed by atoms with Crippen LogP contribution in [0.4, 0.5) is 0 Å². The number of methoxy groups -OCH3 is 1. The number of nitrogens with one attached hydrogen (secondary N) is 1. The third kappa shape index (κ3) is 5.33. The maximum Gasteiger partial charge on any atom is 0.120 e. The van der Waals surface area contributed by atoms with Crippen molar-refractivity contribution < 1.29 is 9.47 Å². The summed E-state index contributed by atoms with van der Waals surface area (Å²) in [6.45, 7) is 7.18. The molecule has 3 unspecified atom stereocenters. The van der Waals surface area contributed by atoms with Gasteiger partial charge in [-0.15, -0.1) is 0 Å². The Labute approximate surface area is 129 Å². The predicted octanol–water partition coefficient (Wildman–Crippen LogP) is 3.63. The molecule has 2 rings (SSSR count). The fourth-order valence-electron chi connectivity index (χ4n) is 2.93. The maximum atomic E-state index is 6.19. The van der Waals surface area contributed by atoms with E-state index in [2.05, 4.69) is 43.4 Å². The summed E-state index contributed by atoms with van der Waals surface area (Å²) in [7, 11) is 1.72. The van der Waals surface area contributed by atoms with Gasteiger partial charge in [-0.1, -0.05) is 26.0 Å². The van der Waals surface area contributed by atoms with Crippen molar-refractivity contribution in [2.75, 3.05) is 20.3 Å². The number of benzene rings is 1. The summed E-state index contributed by atoms with van der Waals surface area (Å²) >= 11 is 0. The Morgan fingerprint density at radius 3 is 2.81 bits per heavy atom. The van der Waals surface area contributed by atoms with E-state index in [1.54, 1.807) is 7.11 Å². The van der Waals surface area contributed by atoms with Crippen LogP contribution >= 0.6 is 0 Å². The first-order valence-electron chi connectivity index (χ1n) is 8.14. The van der Waals surface area contributed by atoms with Gasteiger partial charge in [0.2, 0.25) is 0 Å². The van der Waals surface area contributed by atoms with Gasteiger partial charge in [-0.2, -0.15) is 0 Å². The Morgan fingerprint density at radius 2 is 2.05 bits per heavy atom. The van der Waals surface area contributed by atoms with Gasteiger partial charge >= 0.3 is 0 Å². The fourth-order valence-corrected chi connectivity index (χ4v) is 2.93. The largest absolute Gasteiger partial charge is 0.490 e. The van der Waals surface area contributed by atoms with Gasteiger partial charge in [-0.25, -0.2) is 0 Å². The molecule has 118 valence electrons. The minimum absolute atomic E-state index is 0.382. The van der Waals surface area contributed by atoms with E-state index in [0.29, 0.717) is 6.10 Å². The summed E-state index contributed by atoms with van der Waals surface area (Å²) in [5.74, 6) is 2.61. The van der Waals surface area contributed by atoms with Crippen LogP contribution in [0.1, 0.15) is 38.7 Å². The summed E-state index contributed by atoms with van der Waals surface area (Å²) < 4.78 is 11.2. The molecule has 1 saturated carbocycles. The van der Waals surface area contributed by atoms with Crippen molar-refractivity contribution in [3.8, 4) is 5.75 Å². The van der Waals surface area contributed by atoms with E-state index < -0.39 is 0 Å². The van der Waals surface area contributed by atoms with Crippen molar-refractivity contribution in [1.82, 2.24) is 5.32 Å². The lowest BCUT2D eigenvalue weighted by molar-refractivity contribution is 0.101.